The molecule has 0 radical (unpaired) electrons. The summed E-state index contributed by atoms with van der Waals surface area (Å²) < 4.78 is 16.8. The van der Waals surface area contributed by atoms with Gasteiger partial charge in [0.25, 0.3) is 0 Å². The first kappa shape index (κ1) is 22.3. The molecule has 0 bridgehead atoms. The number of hydrogen-bond acceptors (Lipinski definition) is 4. The number of para-hydroxylation sites is 1. The van der Waals surface area contributed by atoms with E-state index in [0.29, 0.717) is 34.7 Å². The summed E-state index contributed by atoms with van der Waals surface area (Å²) in [7, 11) is 3.31. The van der Waals surface area contributed by atoms with E-state index in [0.717, 1.165) is 29.8 Å². The van der Waals surface area contributed by atoms with Crippen LogP contribution in [0.3, 0.4) is 0 Å². The summed E-state index contributed by atoms with van der Waals surface area (Å²) in [4.78, 5) is 0. The number of rotatable bonds is 10. The van der Waals surface area contributed by atoms with Crippen molar-refractivity contribution in [2.24, 2.45) is 0 Å². The normalized spacial score (nSPS) is 10.7. The lowest BCUT2D eigenvalue weighted by Crippen LogP contribution is -2.17. The maximum absolute atomic E-state index is 6.27. The molecule has 0 aliphatic rings. The largest absolute Gasteiger partial charge is 0.497 e. The maximum atomic E-state index is 6.27. The first-order chi connectivity index (χ1) is 14.6. The minimum Gasteiger partial charge on any atom is -0.497 e. The second-order valence-electron chi connectivity index (χ2n) is 6.75. The smallest absolute Gasteiger partial charge is 0.166 e. The third kappa shape index (κ3) is 6.05. The molecule has 0 fully saturated rings. The molecule has 158 valence electrons. The highest BCUT2D eigenvalue weighted by atomic mass is 35.5. The molecule has 4 nitrogen and oxygen atoms in total. The molecule has 0 aliphatic heterocycles. The Bertz CT molecular complexity index is 961. The van der Waals surface area contributed by atoms with E-state index in [2.05, 4.69) is 17.4 Å². The molecule has 3 rings (SSSR count). The molecule has 0 saturated heterocycles. The van der Waals surface area contributed by atoms with Gasteiger partial charge in [-0.25, -0.2) is 0 Å². The molecule has 1 N–H and O–H groups in total. The zero-order valence-electron chi connectivity index (χ0n) is 17.1. The quantitative estimate of drug-likeness (QED) is 0.393. The molecule has 3 aromatic rings. The van der Waals surface area contributed by atoms with Crippen molar-refractivity contribution in [1.82, 2.24) is 5.32 Å². The molecule has 0 aromatic heterocycles. The van der Waals surface area contributed by atoms with E-state index in [1.807, 2.05) is 36.4 Å². The second-order valence-corrected chi connectivity index (χ2v) is 7.59. The van der Waals surface area contributed by atoms with Gasteiger partial charge in [0.2, 0.25) is 0 Å². The van der Waals surface area contributed by atoms with Crippen LogP contribution in [-0.2, 0) is 19.6 Å². The Labute approximate surface area is 187 Å². The second kappa shape index (κ2) is 11.1. The number of methoxy groups -OCH3 is 2. The molecule has 0 amide bonds. The Morgan fingerprint density at radius 1 is 0.867 bits per heavy atom. The fourth-order valence-electron chi connectivity index (χ4n) is 3.06. The highest BCUT2D eigenvalue weighted by molar-refractivity contribution is 6.35. The molecular weight excluding hydrogens is 421 g/mol. The molecule has 0 aliphatic carbocycles. The zero-order valence-corrected chi connectivity index (χ0v) is 18.6. The van der Waals surface area contributed by atoms with E-state index in [1.165, 1.54) is 5.56 Å². The summed E-state index contributed by atoms with van der Waals surface area (Å²) in [5.74, 6) is 2.27. The highest BCUT2D eigenvalue weighted by Crippen LogP contribution is 2.32. The number of nitrogens with one attached hydrogen (secondary N) is 1. The van der Waals surface area contributed by atoms with Gasteiger partial charge in [-0.05, 0) is 48.9 Å². The van der Waals surface area contributed by atoms with Crippen LogP contribution in [0.2, 0.25) is 10.0 Å². The lowest BCUT2D eigenvalue weighted by Gasteiger charge is -2.16. The third-order valence-corrected chi connectivity index (χ3v) is 5.32. The van der Waals surface area contributed by atoms with Crippen molar-refractivity contribution in [2.45, 2.75) is 19.6 Å². The summed E-state index contributed by atoms with van der Waals surface area (Å²) in [5.41, 5.74) is 3.14. The minimum absolute atomic E-state index is 0.329. The molecule has 30 heavy (non-hydrogen) atoms. The van der Waals surface area contributed by atoms with E-state index in [9.17, 15) is 0 Å². The van der Waals surface area contributed by atoms with Gasteiger partial charge in [0, 0.05) is 27.7 Å². The van der Waals surface area contributed by atoms with Crippen LogP contribution in [-0.4, -0.2) is 20.8 Å². The van der Waals surface area contributed by atoms with Gasteiger partial charge in [-0.2, -0.15) is 0 Å². The topological polar surface area (TPSA) is 39.7 Å². The van der Waals surface area contributed by atoms with Crippen molar-refractivity contribution >= 4 is 23.2 Å². The van der Waals surface area contributed by atoms with Crippen molar-refractivity contribution < 1.29 is 14.2 Å². The predicted octanol–water partition coefficient (Wildman–Crippen LogP) is 5.92. The van der Waals surface area contributed by atoms with Crippen molar-refractivity contribution in [3.05, 3.63) is 87.4 Å². The van der Waals surface area contributed by atoms with Crippen LogP contribution in [0.25, 0.3) is 0 Å². The number of halogens is 2. The Kier molecular flexibility index (Phi) is 8.26. The van der Waals surface area contributed by atoms with Crippen molar-refractivity contribution in [3.63, 3.8) is 0 Å². The van der Waals surface area contributed by atoms with Gasteiger partial charge in [0.15, 0.2) is 11.5 Å². The highest BCUT2D eigenvalue weighted by Gasteiger charge is 2.12. The molecule has 6 heteroatoms. The van der Waals surface area contributed by atoms with Crippen molar-refractivity contribution in [2.75, 3.05) is 20.8 Å². The summed E-state index contributed by atoms with van der Waals surface area (Å²) in [6.45, 7) is 1.83. The summed E-state index contributed by atoms with van der Waals surface area (Å²) in [5, 5.41) is 4.66. The van der Waals surface area contributed by atoms with Gasteiger partial charge in [0.05, 0.1) is 14.2 Å². The SMILES string of the molecule is COc1ccc(CCNCc2cccc(OC)c2OCc2ccc(Cl)cc2Cl)cc1. The maximum Gasteiger partial charge on any atom is 0.166 e. The fourth-order valence-corrected chi connectivity index (χ4v) is 3.52. The van der Waals surface area contributed by atoms with Crippen LogP contribution < -0.4 is 19.5 Å². The van der Waals surface area contributed by atoms with Gasteiger partial charge >= 0.3 is 0 Å². The van der Waals surface area contributed by atoms with Crippen LogP contribution in [0, 0.1) is 0 Å². The summed E-state index contributed by atoms with van der Waals surface area (Å²) >= 11 is 12.3. The number of hydrogen-bond donors (Lipinski definition) is 1. The van der Waals surface area contributed by atoms with E-state index >= 15 is 0 Å². The van der Waals surface area contributed by atoms with Crippen LogP contribution in [0.1, 0.15) is 16.7 Å². The lowest BCUT2D eigenvalue weighted by atomic mass is 10.1. The molecular formula is C24H25Cl2NO3. The van der Waals surface area contributed by atoms with Crippen LogP contribution >= 0.6 is 23.2 Å². The van der Waals surface area contributed by atoms with Crippen molar-refractivity contribution in [3.8, 4) is 17.2 Å². The van der Waals surface area contributed by atoms with E-state index < -0.39 is 0 Å². The van der Waals surface area contributed by atoms with Gasteiger partial charge in [-0.3, -0.25) is 0 Å². The monoisotopic (exact) mass is 445 g/mol. The summed E-state index contributed by atoms with van der Waals surface area (Å²) in [6, 6.07) is 19.4. The van der Waals surface area contributed by atoms with E-state index in [4.69, 9.17) is 37.4 Å². The Balaban J connectivity index is 1.61. The first-order valence-corrected chi connectivity index (χ1v) is 10.4. The van der Waals surface area contributed by atoms with E-state index in [-0.39, 0.29) is 0 Å². The van der Waals surface area contributed by atoms with Gasteiger partial charge in [-0.15, -0.1) is 0 Å². The molecule has 0 heterocycles. The zero-order chi connectivity index (χ0) is 21.3. The summed E-state index contributed by atoms with van der Waals surface area (Å²) in [6.07, 6.45) is 0.921. The average molecular weight is 446 g/mol. The van der Waals surface area contributed by atoms with Gasteiger partial charge < -0.3 is 19.5 Å². The van der Waals surface area contributed by atoms with Crippen LogP contribution in [0.4, 0.5) is 0 Å². The van der Waals surface area contributed by atoms with Gasteiger partial charge in [0.1, 0.15) is 12.4 Å². The predicted molar refractivity (Wildman–Crippen MR) is 122 cm³/mol. The number of benzene rings is 3. The lowest BCUT2D eigenvalue weighted by molar-refractivity contribution is 0.281. The molecule has 0 unspecified atom stereocenters. The molecule has 0 atom stereocenters. The van der Waals surface area contributed by atoms with Crippen molar-refractivity contribution in [1.29, 1.82) is 0 Å². The molecule has 3 aromatic carbocycles. The minimum atomic E-state index is 0.329. The standard InChI is InChI=1S/C24H25Cl2NO3/c1-28-21-10-6-17(7-11-21)12-13-27-15-18-4-3-5-23(29-2)24(18)30-16-19-8-9-20(25)14-22(19)26/h3-11,14,27H,12-13,15-16H2,1-2H3. The fraction of sp³-hybridized carbons (Fsp3) is 0.250. The van der Waals surface area contributed by atoms with Gasteiger partial charge in [-0.1, -0.05) is 53.5 Å². The molecule has 0 spiro atoms. The first-order valence-electron chi connectivity index (χ1n) is 9.67. The van der Waals surface area contributed by atoms with Crippen LogP contribution in [0.5, 0.6) is 17.2 Å². The Morgan fingerprint density at radius 3 is 2.37 bits per heavy atom. The van der Waals surface area contributed by atoms with E-state index in [1.54, 1.807) is 26.4 Å². The third-order valence-electron chi connectivity index (χ3n) is 4.73. The molecule has 0 saturated carbocycles. The van der Waals surface area contributed by atoms with Crippen LogP contribution in [0.15, 0.2) is 60.7 Å². The number of ether oxygens (including phenoxy) is 3. The average Bonchev–Trinajstić information content (AvgIpc) is 2.76. The Morgan fingerprint density at radius 2 is 1.67 bits per heavy atom. The Hall–Kier alpha value is -2.40.